The van der Waals surface area contributed by atoms with Gasteiger partial charge in [0, 0.05) is 16.1 Å². The van der Waals surface area contributed by atoms with Crippen molar-refractivity contribution in [3.8, 4) is 16.9 Å². The summed E-state index contributed by atoms with van der Waals surface area (Å²) in [5.74, 6) is 0.0778. The normalized spacial score (nSPS) is 11.2. The number of benzene rings is 4. The number of rotatable bonds is 10. The van der Waals surface area contributed by atoms with Crippen molar-refractivity contribution >= 4 is 27.5 Å². The van der Waals surface area contributed by atoms with Crippen LogP contribution in [-0.4, -0.2) is 20.9 Å². The Labute approximate surface area is 229 Å². The maximum absolute atomic E-state index is 13.4. The summed E-state index contributed by atoms with van der Waals surface area (Å²) in [5, 5.41) is 0.317. The molecule has 7 heteroatoms. The van der Waals surface area contributed by atoms with Gasteiger partial charge in [-0.1, -0.05) is 85.3 Å². The van der Waals surface area contributed by atoms with Gasteiger partial charge in [-0.05, 0) is 72.7 Å². The third-order valence-electron chi connectivity index (χ3n) is 6.27. The lowest BCUT2D eigenvalue weighted by atomic mass is 9.94. The fourth-order valence-corrected chi connectivity index (χ4v) is 5.73. The van der Waals surface area contributed by atoms with Gasteiger partial charge in [0.15, 0.2) is 0 Å². The second-order valence-corrected chi connectivity index (χ2v) is 11.1. The number of aryl methyl sites for hydroxylation is 2. The van der Waals surface area contributed by atoms with Crippen LogP contribution in [0.5, 0.6) is 5.75 Å². The van der Waals surface area contributed by atoms with E-state index in [4.69, 9.17) is 16.3 Å². The molecule has 0 bridgehead atoms. The molecule has 0 saturated heterocycles. The fraction of sp³-hybridized carbons (Fsp3) is 0.194. The van der Waals surface area contributed by atoms with Gasteiger partial charge in [-0.25, -0.2) is 13.1 Å². The maximum Gasteiger partial charge on any atom is 0.265 e. The number of hydrogen-bond donors (Lipinski definition) is 1. The largest absolute Gasteiger partial charge is 0.493 e. The zero-order chi connectivity index (χ0) is 27.1. The van der Waals surface area contributed by atoms with Crippen molar-refractivity contribution in [3.63, 3.8) is 0 Å². The average Bonchev–Trinajstić information content (AvgIpc) is 2.92. The number of carbonyl (C=O) groups excluding carboxylic acids is 1. The van der Waals surface area contributed by atoms with Gasteiger partial charge in [-0.2, -0.15) is 0 Å². The molecule has 4 rings (SSSR count). The van der Waals surface area contributed by atoms with Crippen LogP contribution in [0.15, 0.2) is 95.9 Å². The van der Waals surface area contributed by atoms with Gasteiger partial charge in [-0.3, -0.25) is 4.79 Å². The predicted octanol–water partition coefficient (Wildman–Crippen LogP) is 7.01. The van der Waals surface area contributed by atoms with Crippen LogP contribution in [-0.2, 0) is 22.9 Å². The highest BCUT2D eigenvalue weighted by molar-refractivity contribution is 7.90. The van der Waals surface area contributed by atoms with Gasteiger partial charge < -0.3 is 4.74 Å². The second kappa shape index (κ2) is 12.3. The minimum atomic E-state index is -4.13. The molecule has 4 aromatic carbocycles. The van der Waals surface area contributed by atoms with E-state index in [1.165, 1.54) is 6.07 Å². The van der Waals surface area contributed by atoms with Crippen LogP contribution in [0, 0.1) is 6.92 Å². The second-order valence-electron chi connectivity index (χ2n) is 9.00. The van der Waals surface area contributed by atoms with Crippen molar-refractivity contribution in [1.82, 2.24) is 4.72 Å². The van der Waals surface area contributed by atoms with Gasteiger partial charge in [0.25, 0.3) is 15.9 Å². The Hall–Kier alpha value is -3.61. The third-order valence-corrected chi connectivity index (χ3v) is 8.15. The molecular formula is C31H30ClNO4S. The van der Waals surface area contributed by atoms with E-state index in [1.54, 1.807) is 25.1 Å². The summed E-state index contributed by atoms with van der Waals surface area (Å²) in [6.07, 6.45) is 2.13. The number of sulfonamides is 1. The van der Waals surface area contributed by atoms with Crippen LogP contribution in [0.3, 0.4) is 0 Å². The SMILES string of the molecule is CCCOc1ccccc1-c1ccc(C(=O)NS(=O)(=O)c2cccc(Cl)c2C)c(CCc2ccccc2)c1. The Morgan fingerprint density at radius 2 is 1.63 bits per heavy atom. The molecule has 0 unspecified atom stereocenters. The molecule has 4 aromatic rings. The molecule has 38 heavy (non-hydrogen) atoms. The molecule has 0 aliphatic rings. The van der Waals surface area contributed by atoms with Gasteiger partial charge in [-0.15, -0.1) is 0 Å². The van der Waals surface area contributed by atoms with Crippen LogP contribution in [0.2, 0.25) is 5.02 Å². The highest BCUT2D eigenvalue weighted by atomic mass is 35.5. The Bertz CT molecular complexity index is 1540. The summed E-state index contributed by atoms with van der Waals surface area (Å²) >= 11 is 6.13. The molecule has 1 amide bonds. The van der Waals surface area contributed by atoms with Crippen LogP contribution in [0.25, 0.3) is 11.1 Å². The van der Waals surface area contributed by atoms with Crippen LogP contribution in [0.1, 0.15) is 40.4 Å². The molecule has 5 nitrogen and oxygen atoms in total. The number of halogens is 1. The molecule has 0 aliphatic carbocycles. The first-order valence-corrected chi connectivity index (χ1v) is 14.4. The first kappa shape index (κ1) is 27.4. The Morgan fingerprint density at radius 1 is 0.895 bits per heavy atom. The Balaban J connectivity index is 1.70. The molecular weight excluding hydrogens is 518 g/mol. The number of para-hydroxylation sites is 1. The van der Waals surface area contributed by atoms with Gasteiger partial charge in [0.05, 0.1) is 11.5 Å². The molecule has 0 saturated carbocycles. The zero-order valence-corrected chi connectivity index (χ0v) is 23.0. The Kier molecular flexibility index (Phi) is 8.87. The average molecular weight is 548 g/mol. The van der Waals surface area contributed by atoms with Gasteiger partial charge in [0.1, 0.15) is 5.75 Å². The van der Waals surface area contributed by atoms with Crippen LogP contribution < -0.4 is 9.46 Å². The number of hydrogen-bond acceptors (Lipinski definition) is 4. The van der Waals surface area contributed by atoms with Crippen molar-refractivity contribution in [2.75, 3.05) is 6.61 Å². The molecule has 0 fully saturated rings. The first-order valence-electron chi connectivity index (χ1n) is 12.5. The van der Waals surface area contributed by atoms with Gasteiger partial charge >= 0.3 is 0 Å². The van der Waals surface area contributed by atoms with Crippen molar-refractivity contribution in [2.45, 2.75) is 38.0 Å². The molecule has 0 aliphatic heterocycles. The molecule has 1 N–H and O–H groups in total. The van der Waals surface area contributed by atoms with E-state index >= 15 is 0 Å². The highest BCUT2D eigenvalue weighted by Crippen LogP contribution is 2.32. The van der Waals surface area contributed by atoms with E-state index in [0.29, 0.717) is 35.6 Å². The van der Waals surface area contributed by atoms with Crippen LogP contribution in [0.4, 0.5) is 0 Å². The van der Waals surface area contributed by atoms with Crippen molar-refractivity contribution in [2.24, 2.45) is 0 Å². The molecule has 0 atom stereocenters. The highest BCUT2D eigenvalue weighted by Gasteiger charge is 2.23. The Morgan fingerprint density at radius 3 is 2.39 bits per heavy atom. The summed E-state index contributed by atoms with van der Waals surface area (Å²) in [5.41, 5.74) is 4.36. The lowest BCUT2D eigenvalue weighted by Gasteiger charge is -2.16. The van der Waals surface area contributed by atoms with E-state index in [-0.39, 0.29) is 4.90 Å². The first-order chi connectivity index (χ1) is 18.3. The van der Waals surface area contributed by atoms with Crippen molar-refractivity contribution in [1.29, 1.82) is 0 Å². The van der Waals surface area contributed by atoms with Gasteiger partial charge in [0.2, 0.25) is 0 Å². The number of carbonyl (C=O) groups is 1. The third kappa shape index (κ3) is 6.44. The summed E-state index contributed by atoms with van der Waals surface area (Å²) < 4.78 is 34.4. The summed E-state index contributed by atoms with van der Waals surface area (Å²) in [6.45, 7) is 4.26. The summed E-state index contributed by atoms with van der Waals surface area (Å²) in [4.78, 5) is 13.3. The topological polar surface area (TPSA) is 72.5 Å². The number of amides is 1. The van der Waals surface area contributed by atoms with E-state index in [9.17, 15) is 13.2 Å². The van der Waals surface area contributed by atoms with E-state index in [2.05, 4.69) is 11.6 Å². The minimum absolute atomic E-state index is 0.0252. The molecule has 0 spiro atoms. The number of ether oxygens (including phenoxy) is 1. The quantitative estimate of drug-likeness (QED) is 0.232. The monoisotopic (exact) mass is 547 g/mol. The lowest BCUT2D eigenvalue weighted by Crippen LogP contribution is -2.31. The number of nitrogens with one attached hydrogen (secondary N) is 1. The predicted molar refractivity (Wildman–Crippen MR) is 152 cm³/mol. The lowest BCUT2D eigenvalue weighted by molar-refractivity contribution is 0.0980. The van der Waals surface area contributed by atoms with Crippen molar-refractivity contribution < 1.29 is 17.9 Å². The van der Waals surface area contributed by atoms with E-state index < -0.39 is 15.9 Å². The standard InChI is InChI=1S/C31H30ClNO4S/c1-3-20-37-29-14-8-7-12-26(29)24-18-19-27(25(21-24)17-16-23-10-5-4-6-11-23)31(34)33-38(35,36)30-15-9-13-28(32)22(30)2/h4-15,18-19,21H,3,16-17,20H2,1-2H3,(H,33,34). The smallest absolute Gasteiger partial charge is 0.265 e. The zero-order valence-electron chi connectivity index (χ0n) is 21.4. The maximum atomic E-state index is 13.4. The van der Waals surface area contributed by atoms with Crippen LogP contribution >= 0.6 is 11.6 Å². The van der Waals surface area contributed by atoms with E-state index in [0.717, 1.165) is 34.4 Å². The molecule has 196 valence electrons. The molecule has 0 radical (unpaired) electrons. The summed E-state index contributed by atoms with van der Waals surface area (Å²) in [7, 11) is -4.13. The molecule has 0 heterocycles. The van der Waals surface area contributed by atoms with Crippen molar-refractivity contribution in [3.05, 3.63) is 118 Å². The van der Waals surface area contributed by atoms with E-state index in [1.807, 2.05) is 66.7 Å². The minimum Gasteiger partial charge on any atom is -0.493 e. The molecule has 0 aromatic heterocycles. The fourth-order valence-electron chi connectivity index (χ4n) is 4.27. The summed E-state index contributed by atoms with van der Waals surface area (Å²) in [6, 6.07) is 27.8.